The molecule has 0 bridgehead atoms. The Kier molecular flexibility index (Phi) is 2.66. The Balaban J connectivity index is 1.43. The normalized spacial score (nSPS) is 23.6. The predicted molar refractivity (Wildman–Crippen MR) is 78.4 cm³/mol. The highest BCUT2D eigenvalue weighted by atomic mass is 14.9. The van der Waals surface area contributed by atoms with Gasteiger partial charge in [0.2, 0.25) is 0 Å². The van der Waals surface area contributed by atoms with Crippen LogP contribution in [0.15, 0.2) is 48.5 Å². The summed E-state index contributed by atoms with van der Waals surface area (Å²) in [6.45, 7) is 1.12. The van der Waals surface area contributed by atoms with E-state index in [2.05, 4.69) is 53.8 Å². The van der Waals surface area contributed by atoms with Crippen LogP contribution in [-0.4, -0.2) is 6.54 Å². The van der Waals surface area contributed by atoms with Gasteiger partial charge in [-0.05, 0) is 41.5 Å². The maximum Gasteiger partial charge on any atom is 0.0326 e. The lowest BCUT2D eigenvalue weighted by atomic mass is 9.77. The van der Waals surface area contributed by atoms with E-state index < -0.39 is 0 Å². The van der Waals surface area contributed by atoms with Crippen LogP contribution in [-0.2, 0) is 12.8 Å². The maximum atomic E-state index is 3.78. The quantitative estimate of drug-likeness (QED) is 0.876. The van der Waals surface area contributed by atoms with Gasteiger partial charge >= 0.3 is 0 Å². The Morgan fingerprint density at radius 2 is 1.63 bits per heavy atom. The highest BCUT2D eigenvalue weighted by Gasteiger charge is 2.27. The van der Waals surface area contributed by atoms with Crippen molar-refractivity contribution in [1.29, 1.82) is 0 Å². The second-order valence-electron chi connectivity index (χ2n) is 5.80. The van der Waals surface area contributed by atoms with Gasteiger partial charge in [-0.15, -0.1) is 0 Å². The van der Waals surface area contributed by atoms with Crippen LogP contribution in [0.1, 0.15) is 40.6 Å². The van der Waals surface area contributed by atoms with Gasteiger partial charge in [-0.3, -0.25) is 0 Å². The molecule has 0 aromatic heterocycles. The van der Waals surface area contributed by atoms with E-state index in [1.165, 1.54) is 30.4 Å². The molecule has 2 aromatic carbocycles. The molecule has 1 heteroatoms. The van der Waals surface area contributed by atoms with Crippen LogP contribution in [0.25, 0.3) is 0 Å². The Bertz CT molecular complexity index is 602. The SMILES string of the molecule is c1ccc2c(c1)CC2CNC1CCc2ccccc21. The lowest BCUT2D eigenvalue weighted by Gasteiger charge is -2.31. The zero-order chi connectivity index (χ0) is 12.7. The number of aryl methyl sites for hydroxylation is 1. The van der Waals surface area contributed by atoms with E-state index in [0.717, 1.165) is 12.5 Å². The largest absolute Gasteiger partial charge is 0.309 e. The molecular formula is C18H19N. The summed E-state index contributed by atoms with van der Waals surface area (Å²) in [6, 6.07) is 18.3. The fourth-order valence-corrected chi connectivity index (χ4v) is 3.60. The highest BCUT2D eigenvalue weighted by Crippen LogP contribution is 2.36. The van der Waals surface area contributed by atoms with Crippen molar-refractivity contribution in [2.45, 2.75) is 31.2 Å². The third-order valence-corrected chi connectivity index (χ3v) is 4.70. The Labute approximate surface area is 114 Å². The van der Waals surface area contributed by atoms with Crippen LogP contribution in [0.2, 0.25) is 0 Å². The summed E-state index contributed by atoms with van der Waals surface area (Å²) < 4.78 is 0. The average Bonchev–Trinajstić information content (AvgIpc) is 2.83. The fourth-order valence-electron chi connectivity index (χ4n) is 3.60. The van der Waals surface area contributed by atoms with Gasteiger partial charge in [0.1, 0.15) is 0 Å². The first-order chi connectivity index (χ1) is 9.42. The number of hydrogen-bond donors (Lipinski definition) is 1. The molecule has 2 aliphatic rings. The second kappa shape index (κ2) is 4.50. The first kappa shape index (κ1) is 11.2. The number of rotatable bonds is 3. The molecule has 0 heterocycles. The number of hydrogen-bond acceptors (Lipinski definition) is 1. The zero-order valence-corrected chi connectivity index (χ0v) is 11.1. The van der Waals surface area contributed by atoms with Gasteiger partial charge in [-0.1, -0.05) is 48.5 Å². The van der Waals surface area contributed by atoms with E-state index in [9.17, 15) is 0 Å². The minimum atomic E-state index is 0.573. The molecule has 1 N–H and O–H groups in total. The summed E-state index contributed by atoms with van der Waals surface area (Å²) in [5, 5.41) is 3.78. The smallest absolute Gasteiger partial charge is 0.0326 e. The molecule has 0 aliphatic heterocycles. The van der Waals surface area contributed by atoms with Gasteiger partial charge in [0.05, 0.1) is 0 Å². The summed E-state index contributed by atoms with van der Waals surface area (Å²) >= 11 is 0. The molecule has 2 aliphatic carbocycles. The Hall–Kier alpha value is -1.60. The standard InChI is InChI=1S/C18H19N/c1-4-8-17-13(5-1)9-10-18(17)19-12-15-11-14-6-2-3-7-16(14)15/h1-8,15,18-19H,9-12H2. The number of benzene rings is 2. The summed E-state index contributed by atoms with van der Waals surface area (Å²) in [6.07, 6.45) is 3.74. The van der Waals surface area contributed by atoms with Gasteiger partial charge in [-0.2, -0.15) is 0 Å². The second-order valence-corrected chi connectivity index (χ2v) is 5.80. The van der Waals surface area contributed by atoms with Crippen LogP contribution in [0, 0.1) is 0 Å². The molecule has 2 atom stereocenters. The summed E-state index contributed by atoms with van der Waals surface area (Å²) in [4.78, 5) is 0. The van der Waals surface area contributed by atoms with Crippen molar-refractivity contribution in [1.82, 2.24) is 5.32 Å². The van der Waals surface area contributed by atoms with Gasteiger partial charge in [0.15, 0.2) is 0 Å². The summed E-state index contributed by atoms with van der Waals surface area (Å²) in [5.74, 6) is 0.726. The van der Waals surface area contributed by atoms with Crippen LogP contribution in [0.3, 0.4) is 0 Å². The van der Waals surface area contributed by atoms with Gasteiger partial charge < -0.3 is 5.32 Å². The molecule has 0 fully saturated rings. The zero-order valence-electron chi connectivity index (χ0n) is 11.1. The highest BCUT2D eigenvalue weighted by molar-refractivity contribution is 5.40. The topological polar surface area (TPSA) is 12.0 Å². The van der Waals surface area contributed by atoms with Crippen molar-refractivity contribution < 1.29 is 0 Å². The third-order valence-electron chi connectivity index (χ3n) is 4.70. The minimum Gasteiger partial charge on any atom is -0.309 e. The Morgan fingerprint density at radius 3 is 2.47 bits per heavy atom. The van der Waals surface area contributed by atoms with Crippen molar-refractivity contribution >= 4 is 0 Å². The van der Waals surface area contributed by atoms with Crippen LogP contribution >= 0.6 is 0 Å². The fraction of sp³-hybridized carbons (Fsp3) is 0.333. The Morgan fingerprint density at radius 1 is 0.895 bits per heavy atom. The molecule has 0 saturated heterocycles. The van der Waals surface area contributed by atoms with Gasteiger partial charge in [-0.25, -0.2) is 0 Å². The van der Waals surface area contributed by atoms with E-state index in [1.807, 2.05) is 0 Å². The molecule has 96 valence electrons. The lowest BCUT2D eigenvalue weighted by Crippen LogP contribution is -2.31. The summed E-state index contributed by atoms with van der Waals surface area (Å²) in [7, 11) is 0. The molecule has 2 unspecified atom stereocenters. The first-order valence-corrected chi connectivity index (χ1v) is 7.31. The lowest BCUT2D eigenvalue weighted by molar-refractivity contribution is 0.467. The van der Waals surface area contributed by atoms with E-state index in [4.69, 9.17) is 0 Å². The molecule has 19 heavy (non-hydrogen) atoms. The van der Waals surface area contributed by atoms with Crippen molar-refractivity contribution in [3.05, 3.63) is 70.8 Å². The molecule has 0 saturated carbocycles. The molecule has 0 radical (unpaired) electrons. The van der Waals surface area contributed by atoms with E-state index >= 15 is 0 Å². The third kappa shape index (κ3) is 1.89. The molecule has 0 amide bonds. The van der Waals surface area contributed by atoms with Crippen molar-refractivity contribution in [2.75, 3.05) is 6.54 Å². The van der Waals surface area contributed by atoms with Crippen molar-refractivity contribution in [3.63, 3.8) is 0 Å². The molecular weight excluding hydrogens is 230 g/mol. The van der Waals surface area contributed by atoms with E-state index in [0.29, 0.717) is 6.04 Å². The van der Waals surface area contributed by atoms with Crippen LogP contribution in [0.5, 0.6) is 0 Å². The van der Waals surface area contributed by atoms with E-state index in [1.54, 1.807) is 11.1 Å². The van der Waals surface area contributed by atoms with E-state index in [-0.39, 0.29) is 0 Å². The molecule has 0 spiro atoms. The first-order valence-electron chi connectivity index (χ1n) is 7.31. The minimum absolute atomic E-state index is 0.573. The van der Waals surface area contributed by atoms with Crippen molar-refractivity contribution in [3.8, 4) is 0 Å². The average molecular weight is 249 g/mol. The van der Waals surface area contributed by atoms with Gasteiger partial charge in [0, 0.05) is 18.5 Å². The monoisotopic (exact) mass is 249 g/mol. The molecule has 4 rings (SSSR count). The number of fused-ring (bicyclic) bond motifs is 2. The van der Waals surface area contributed by atoms with Crippen LogP contribution in [0.4, 0.5) is 0 Å². The van der Waals surface area contributed by atoms with Gasteiger partial charge in [0.25, 0.3) is 0 Å². The number of nitrogens with one attached hydrogen (secondary N) is 1. The predicted octanol–water partition coefficient (Wildman–Crippen LogP) is 3.60. The summed E-state index contributed by atoms with van der Waals surface area (Å²) in [5.41, 5.74) is 6.16. The van der Waals surface area contributed by atoms with Crippen LogP contribution < -0.4 is 5.32 Å². The maximum absolute atomic E-state index is 3.78. The molecule has 2 aromatic rings. The molecule has 1 nitrogen and oxygen atoms in total. The van der Waals surface area contributed by atoms with Crippen molar-refractivity contribution in [2.24, 2.45) is 0 Å².